The van der Waals surface area contributed by atoms with Gasteiger partial charge in [-0.2, -0.15) is 0 Å². The summed E-state index contributed by atoms with van der Waals surface area (Å²) in [5.41, 5.74) is 0.456. The molecule has 0 spiro atoms. The van der Waals surface area contributed by atoms with Gasteiger partial charge in [-0.3, -0.25) is 0 Å². The van der Waals surface area contributed by atoms with Crippen molar-refractivity contribution in [3.05, 3.63) is 30.3 Å². The van der Waals surface area contributed by atoms with Crippen LogP contribution in [0.4, 0.5) is 0 Å². The molecule has 3 rings (SSSR count). The molecule has 0 aromatic heterocycles. The van der Waals surface area contributed by atoms with Gasteiger partial charge in [-0.05, 0) is 31.4 Å². The summed E-state index contributed by atoms with van der Waals surface area (Å²) in [5.74, 6) is 0. The number of benzene rings is 1. The maximum absolute atomic E-state index is 12.3. The summed E-state index contributed by atoms with van der Waals surface area (Å²) < 4.78 is 59.7. The van der Waals surface area contributed by atoms with Gasteiger partial charge in [0.1, 0.15) is 0 Å². The van der Waals surface area contributed by atoms with Gasteiger partial charge in [0.15, 0.2) is 0 Å². The smallest absolute Gasteiger partial charge is 0.315 e. The molecule has 1 aromatic rings. The third-order valence-electron chi connectivity index (χ3n) is 4.52. The van der Waals surface area contributed by atoms with Gasteiger partial charge in [-0.25, -0.2) is 16.8 Å². The summed E-state index contributed by atoms with van der Waals surface area (Å²) in [6.45, 7) is 1.88. The van der Waals surface area contributed by atoms with E-state index < -0.39 is 37.7 Å². The Bertz CT molecular complexity index is 761. The second-order valence-corrected chi connectivity index (χ2v) is 10.3. The number of sulfonamides is 2. The van der Waals surface area contributed by atoms with Crippen LogP contribution in [-0.4, -0.2) is 60.6 Å². The molecule has 2 heterocycles. The van der Waals surface area contributed by atoms with Crippen molar-refractivity contribution >= 4 is 32.6 Å². The van der Waals surface area contributed by atoms with E-state index in [4.69, 9.17) is 9.51 Å². The fraction of sp³-hybridized carbons (Fsp3) is 0.571. The van der Waals surface area contributed by atoms with Crippen LogP contribution in [0.1, 0.15) is 12.8 Å². The van der Waals surface area contributed by atoms with Gasteiger partial charge < -0.3 is 20.1 Å². The van der Waals surface area contributed by atoms with E-state index in [1.165, 1.54) is 0 Å². The molecule has 2 fully saturated rings. The van der Waals surface area contributed by atoms with Crippen molar-refractivity contribution in [2.45, 2.75) is 23.3 Å². The van der Waals surface area contributed by atoms with Gasteiger partial charge in [-0.15, -0.1) is 9.77 Å². The van der Waals surface area contributed by atoms with E-state index in [-0.39, 0.29) is 0 Å². The second-order valence-electron chi connectivity index (χ2n) is 6.46. The van der Waals surface area contributed by atoms with Crippen LogP contribution < -0.4 is 25.9 Å². The van der Waals surface area contributed by atoms with Crippen LogP contribution in [-0.2, 0) is 29.6 Å². The molecule has 2 unspecified atom stereocenters. The lowest BCUT2D eigenvalue weighted by Crippen LogP contribution is -2.50. The molecular formula is C14H23BN4O6S2. The minimum Gasteiger partial charge on any atom is -0.315 e. The van der Waals surface area contributed by atoms with Crippen molar-refractivity contribution < 1.29 is 26.3 Å². The first-order valence-corrected chi connectivity index (χ1v) is 11.8. The summed E-state index contributed by atoms with van der Waals surface area (Å²) in [4.78, 5) is 4.13. The monoisotopic (exact) mass is 418 g/mol. The van der Waals surface area contributed by atoms with Crippen molar-refractivity contribution in [3.8, 4) is 0 Å². The molecule has 0 aliphatic carbocycles. The molecule has 27 heavy (non-hydrogen) atoms. The van der Waals surface area contributed by atoms with Crippen LogP contribution in [0.2, 0.25) is 0 Å². The minimum atomic E-state index is -3.73. The highest BCUT2D eigenvalue weighted by Crippen LogP contribution is 2.10. The Morgan fingerprint density at radius 1 is 0.852 bits per heavy atom. The molecule has 0 radical (unpaired) electrons. The first kappa shape index (κ1) is 20.7. The SMILES string of the molecule is O=S(=O)(NOB(ONS(=O)(=O)C1CCNC1)c1ccccc1)C1CCNC1. The maximum Gasteiger partial charge on any atom is 0.530 e. The van der Waals surface area contributed by atoms with E-state index in [2.05, 4.69) is 20.4 Å². The topological polar surface area (TPSA) is 135 Å². The van der Waals surface area contributed by atoms with Gasteiger partial charge in [-0.1, -0.05) is 30.3 Å². The highest BCUT2D eigenvalue weighted by molar-refractivity contribution is 7.90. The van der Waals surface area contributed by atoms with Gasteiger partial charge in [0, 0.05) is 13.1 Å². The van der Waals surface area contributed by atoms with Crippen molar-refractivity contribution in [1.82, 2.24) is 20.4 Å². The normalized spacial score (nSPS) is 23.6. The molecule has 13 heteroatoms. The zero-order chi connectivity index (χ0) is 19.3. The molecule has 0 bridgehead atoms. The fourth-order valence-electron chi connectivity index (χ4n) is 2.91. The fourth-order valence-corrected chi connectivity index (χ4v) is 5.16. The lowest BCUT2D eigenvalue weighted by Gasteiger charge is -2.18. The van der Waals surface area contributed by atoms with Crippen LogP contribution in [0, 0.1) is 0 Å². The van der Waals surface area contributed by atoms with E-state index in [9.17, 15) is 16.8 Å². The van der Waals surface area contributed by atoms with Gasteiger partial charge >= 0.3 is 7.12 Å². The zero-order valence-electron chi connectivity index (χ0n) is 14.6. The Kier molecular flexibility index (Phi) is 6.86. The van der Waals surface area contributed by atoms with E-state index in [0.29, 0.717) is 44.5 Å². The molecule has 1 aromatic carbocycles. The number of rotatable bonds is 9. The van der Waals surface area contributed by atoms with E-state index >= 15 is 0 Å². The van der Waals surface area contributed by atoms with Crippen molar-refractivity contribution in [1.29, 1.82) is 0 Å². The molecule has 2 aliphatic heterocycles. The van der Waals surface area contributed by atoms with Gasteiger partial charge in [0.25, 0.3) is 0 Å². The second kappa shape index (κ2) is 8.96. The van der Waals surface area contributed by atoms with Gasteiger partial charge in [0.05, 0.1) is 10.5 Å². The van der Waals surface area contributed by atoms with Crippen LogP contribution in [0.5, 0.6) is 0 Å². The Labute approximate surface area is 159 Å². The molecule has 2 aliphatic rings. The molecule has 0 amide bonds. The molecule has 0 saturated carbocycles. The standard InChI is InChI=1S/C14H23BN4O6S2/c20-26(21,13-6-8-16-10-13)18-24-15(12-4-2-1-3-5-12)25-19-27(22,23)14-7-9-17-11-14/h1-5,13-14,16-19H,6-11H2. The molecule has 4 N–H and O–H groups in total. The predicted molar refractivity (Wildman–Crippen MR) is 101 cm³/mol. The summed E-state index contributed by atoms with van der Waals surface area (Å²) in [6.07, 6.45) is 0.938. The third-order valence-corrected chi connectivity index (χ3v) is 7.74. The maximum atomic E-state index is 12.3. The zero-order valence-corrected chi connectivity index (χ0v) is 16.3. The molecule has 150 valence electrons. The predicted octanol–water partition coefficient (Wildman–Crippen LogP) is -2.19. The largest absolute Gasteiger partial charge is 0.530 e. The Hall–Kier alpha value is -1.06. The van der Waals surface area contributed by atoms with E-state index in [1.54, 1.807) is 30.3 Å². The average Bonchev–Trinajstić information content (AvgIpc) is 3.36. The molecule has 10 nitrogen and oxygen atoms in total. The van der Waals surface area contributed by atoms with Crippen LogP contribution >= 0.6 is 0 Å². The highest BCUT2D eigenvalue weighted by Gasteiger charge is 2.34. The Balaban J connectivity index is 1.66. The number of hydrogen-bond acceptors (Lipinski definition) is 8. The van der Waals surface area contributed by atoms with E-state index in [0.717, 1.165) is 0 Å². The van der Waals surface area contributed by atoms with E-state index in [1.807, 2.05) is 0 Å². The van der Waals surface area contributed by atoms with Crippen molar-refractivity contribution in [2.24, 2.45) is 0 Å². The molecule has 2 saturated heterocycles. The summed E-state index contributed by atoms with van der Waals surface area (Å²) >= 11 is 0. The van der Waals surface area contributed by atoms with Gasteiger partial charge in [0.2, 0.25) is 20.0 Å². The summed E-state index contributed by atoms with van der Waals surface area (Å²) in [5, 5.41) is 4.71. The quantitative estimate of drug-likeness (QED) is 0.262. The number of hydrogen-bond donors (Lipinski definition) is 4. The average molecular weight is 418 g/mol. The lowest BCUT2D eigenvalue weighted by atomic mass is 9.80. The first-order valence-electron chi connectivity index (χ1n) is 8.67. The number of nitrogens with one attached hydrogen (secondary N) is 4. The first-order chi connectivity index (χ1) is 12.9. The third kappa shape index (κ3) is 5.48. The molecule has 2 atom stereocenters. The minimum absolute atomic E-state index is 0.330. The van der Waals surface area contributed by atoms with Crippen LogP contribution in [0.3, 0.4) is 0 Å². The summed E-state index contributed by atoms with van der Waals surface area (Å²) in [6, 6.07) is 8.46. The van der Waals surface area contributed by atoms with Crippen molar-refractivity contribution in [3.63, 3.8) is 0 Å². The van der Waals surface area contributed by atoms with Crippen molar-refractivity contribution in [2.75, 3.05) is 26.2 Å². The Morgan fingerprint density at radius 3 is 1.74 bits per heavy atom. The highest BCUT2D eigenvalue weighted by atomic mass is 32.2. The lowest BCUT2D eigenvalue weighted by molar-refractivity contribution is 0.158. The Morgan fingerprint density at radius 2 is 1.33 bits per heavy atom. The molecular weight excluding hydrogens is 395 g/mol. The summed E-state index contributed by atoms with van der Waals surface area (Å²) in [7, 11) is -8.75. The van der Waals surface area contributed by atoms with Crippen LogP contribution in [0.15, 0.2) is 30.3 Å². The van der Waals surface area contributed by atoms with Crippen LogP contribution in [0.25, 0.3) is 0 Å².